The third kappa shape index (κ3) is 5.11. The molecule has 96 valence electrons. The normalized spacial score (nSPS) is 9.56. The van der Waals surface area contributed by atoms with Crippen LogP contribution in [0.25, 0.3) is 0 Å². The van der Waals surface area contributed by atoms with Gasteiger partial charge in [-0.2, -0.15) is 17.0 Å². The van der Waals surface area contributed by atoms with Gasteiger partial charge >= 0.3 is 5.97 Å². The van der Waals surface area contributed by atoms with Gasteiger partial charge in [-0.1, -0.05) is 12.1 Å². The van der Waals surface area contributed by atoms with Gasteiger partial charge in [0.1, 0.15) is 11.8 Å². The van der Waals surface area contributed by atoms with Crippen molar-refractivity contribution in [1.82, 2.24) is 0 Å². The number of nitriles is 1. The van der Waals surface area contributed by atoms with Crippen LogP contribution >= 0.6 is 11.8 Å². The van der Waals surface area contributed by atoms with Crippen molar-refractivity contribution in [2.75, 3.05) is 25.2 Å². The van der Waals surface area contributed by atoms with Gasteiger partial charge in [0.15, 0.2) is 0 Å². The number of hydrogen-bond donors (Lipinski definition) is 0. The van der Waals surface area contributed by atoms with Crippen LogP contribution in [-0.4, -0.2) is 31.2 Å². The summed E-state index contributed by atoms with van der Waals surface area (Å²) in [7, 11) is 1.38. The van der Waals surface area contributed by atoms with Crippen molar-refractivity contribution >= 4 is 17.7 Å². The second-order valence-corrected chi connectivity index (χ2v) is 4.62. The van der Waals surface area contributed by atoms with Gasteiger partial charge in [0, 0.05) is 11.5 Å². The minimum Gasteiger partial charge on any atom is -0.491 e. The Morgan fingerprint density at radius 2 is 2.17 bits per heavy atom. The summed E-state index contributed by atoms with van der Waals surface area (Å²) in [5, 5.41) is 8.86. The summed E-state index contributed by atoms with van der Waals surface area (Å²) in [6.07, 6.45) is 0.413. The average molecular weight is 265 g/mol. The van der Waals surface area contributed by atoms with Crippen LogP contribution in [0, 0.1) is 11.3 Å². The van der Waals surface area contributed by atoms with Crippen LogP contribution in [0.3, 0.4) is 0 Å². The van der Waals surface area contributed by atoms with Crippen LogP contribution in [0.2, 0.25) is 0 Å². The fraction of sp³-hybridized carbons (Fsp3) is 0.385. The molecule has 0 bridgehead atoms. The first-order valence-electron chi connectivity index (χ1n) is 5.54. The van der Waals surface area contributed by atoms with Crippen LogP contribution in [0.5, 0.6) is 5.75 Å². The number of nitrogens with zero attached hydrogens (tertiary/aromatic N) is 1. The number of para-hydroxylation sites is 1. The van der Waals surface area contributed by atoms with Gasteiger partial charge in [-0.15, -0.1) is 0 Å². The average Bonchev–Trinajstić information content (AvgIpc) is 2.42. The quantitative estimate of drug-likeness (QED) is 0.559. The van der Waals surface area contributed by atoms with E-state index in [-0.39, 0.29) is 5.97 Å². The molecule has 0 aliphatic heterocycles. The van der Waals surface area contributed by atoms with E-state index in [1.807, 2.05) is 6.07 Å². The Kier molecular flexibility index (Phi) is 6.74. The number of benzene rings is 1. The highest BCUT2D eigenvalue weighted by atomic mass is 32.2. The van der Waals surface area contributed by atoms with Crippen molar-refractivity contribution in [3.63, 3.8) is 0 Å². The Morgan fingerprint density at radius 1 is 1.39 bits per heavy atom. The first-order valence-corrected chi connectivity index (χ1v) is 6.70. The number of hydrogen-bond acceptors (Lipinski definition) is 5. The molecule has 0 fully saturated rings. The summed E-state index contributed by atoms with van der Waals surface area (Å²) in [4.78, 5) is 10.8. The molecular weight excluding hydrogens is 250 g/mol. The Bertz CT molecular complexity index is 428. The smallest absolute Gasteiger partial charge is 0.306 e. The standard InChI is InChI=1S/C13H15NO3S/c1-16-13(15)6-8-18-9-7-17-12-5-3-2-4-11(12)10-14/h2-5H,6-9H2,1H3. The Hall–Kier alpha value is -1.67. The third-order valence-corrected chi connectivity index (χ3v) is 3.12. The lowest BCUT2D eigenvalue weighted by molar-refractivity contribution is -0.140. The van der Waals surface area contributed by atoms with Crippen molar-refractivity contribution in [3.8, 4) is 11.8 Å². The molecule has 0 heterocycles. The van der Waals surface area contributed by atoms with Crippen molar-refractivity contribution in [2.24, 2.45) is 0 Å². The Morgan fingerprint density at radius 3 is 2.89 bits per heavy atom. The number of esters is 1. The molecule has 0 aliphatic rings. The minimum absolute atomic E-state index is 0.196. The highest BCUT2D eigenvalue weighted by molar-refractivity contribution is 7.99. The van der Waals surface area contributed by atoms with E-state index in [0.717, 1.165) is 11.5 Å². The van der Waals surface area contributed by atoms with E-state index >= 15 is 0 Å². The number of carbonyl (C=O) groups excluding carboxylic acids is 1. The van der Waals surface area contributed by atoms with Crippen LogP contribution in [-0.2, 0) is 9.53 Å². The second-order valence-electron chi connectivity index (χ2n) is 3.39. The Labute approximate surface area is 111 Å². The summed E-state index contributed by atoms with van der Waals surface area (Å²) < 4.78 is 10.0. The van der Waals surface area contributed by atoms with Crippen LogP contribution in [0.1, 0.15) is 12.0 Å². The number of methoxy groups -OCH3 is 1. The maximum absolute atomic E-state index is 10.8. The molecule has 0 saturated carbocycles. The highest BCUT2D eigenvalue weighted by Gasteiger charge is 2.02. The van der Waals surface area contributed by atoms with Crippen LogP contribution in [0.15, 0.2) is 24.3 Å². The van der Waals surface area contributed by atoms with Crippen LogP contribution in [0.4, 0.5) is 0 Å². The number of thioether (sulfide) groups is 1. The van der Waals surface area contributed by atoms with Crippen molar-refractivity contribution < 1.29 is 14.3 Å². The van der Waals surface area contributed by atoms with Crippen LogP contribution < -0.4 is 4.74 Å². The fourth-order valence-corrected chi connectivity index (χ4v) is 1.97. The second kappa shape index (κ2) is 8.43. The van der Waals surface area contributed by atoms with Gasteiger partial charge in [0.25, 0.3) is 0 Å². The van der Waals surface area contributed by atoms with E-state index in [2.05, 4.69) is 10.8 Å². The van der Waals surface area contributed by atoms with E-state index in [0.29, 0.717) is 24.3 Å². The van der Waals surface area contributed by atoms with Gasteiger partial charge < -0.3 is 9.47 Å². The zero-order valence-corrected chi connectivity index (χ0v) is 11.0. The molecule has 1 aromatic rings. The first kappa shape index (κ1) is 14.4. The molecule has 0 aromatic heterocycles. The summed E-state index contributed by atoms with van der Waals surface area (Å²) in [5.41, 5.74) is 0.539. The Balaban J connectivity index is 2.18. The number of carbonyl (C=O) groups is 1. The molecule has 0 unspecified atom stereocenters. The summed E-state index contributed by atoms with van der Waals surface area (Å²) >= 11 is 1.62. The van der Waals surface area contributed by atoms with E-state index in [9.17, 15) is 4.79 Å². The van der Waals surface area contributed by atoms with E-state index in [1.54, 1.807) is 30.0 Å². The zero-order valence-electron chi connectivity index (χ0n) is 10.2. The van der Waals surface area contributed by atoms with E-state index in [4.69, 9.17) is 10.00 Å². The van der Waals surface area contributed by atoms with Gasteiger partial charge in [0.05, 0.1) is 25.7 Å². The number of rotatable bonds is 7. The van der Waals surface area contributed by atoms with Gasteiger partial charge in [-0.3, -0.25) is 4.79 Å². The molecule has 0 amide bonds. The van der Waals surface area contributed by atoms with Gasteiger partial charge in [-0.25, -0.2) is 0 Å². The predicted molar refractivity (Wildman–Crippen MR) is 70.6 cm³/mol. The maximum atomic E-state index is 10.8. The molecule has 0 saturated heterocycles. The minimum atomic E-state index is -0.196. The highest BCUT2D eigenvalue weighted by Crippen LogP contribution is 2.16. The summed E-state index contributed by atoms with van der Waals surface area (Å²) in [6, 6.07) is 9.21. The molecule has 1 aromatic carbocycles. The van der Waals surface area contributed by atoms with E-state index < -0.39 is 0 Å². The van der Waals surface area contributed by atoms with Crippen molar-refractivity contribution in [2.45, 2.75) is 6.42 Å². The van der Waals surface area contributed by atoms with Gasteiger partial charge in [0.2, 0.25) is 0 Å². The predicted octanol–water partition coefficient (Wildman–Crippen LogP) is 2.23. The molecule has 4 nitrogen and oxygen atoms in total. The van der Waals surface area contributed by atoms with E-state index in [1.165, 1.54) is 7.11 Å². The lowest BCUT2D eigenvalue weighted by Crippen LogP contribution is -2.05. The SMILES string of the molecule is COC(=O)CCSCCOc1ccccc1C#N. The molecule has 0 atom stereocenters. The molecule has 18 heavy (non-hydrogen) atoms. The topological polar surface area (TPSA) is 59.3 Å². The lowest BCUT2D eigenvalue weighted by atomic mass is 10.2. The largest absolute Gasteiger partial charge is 0.491 e. The zero-order chi connectivity index (χ0) is 13.2. The maximum Gasteiger partial charge on any atom is 0.306 e. The molecule has 1 rings (SSSR count). The molecule has 0 radical (unpaired) electrons. The monoisotopic (exact) mass is 265 g/mol. The van der Waals surface area contributed by atoms with Crippen molar-refractivity contribution in [3.05, 3.63) is 29.8 Å². The number of ether oxygens (including phenoxy) is 2. The van der Waals surface area contributed by atoms with Crippen molar-refractivity contribution in [1.29, 1.82) is 5.26 Å². The molecular formula is C13H15NO3S. The third-order valence-electron chi connectivity index (χ3n) is 2.17. The molecule has 0 spiro atoms. The summed E-state index contributed by atoms with van der Waals surface area (Å²) in [6.45, 7) is 0.518. The first-order chi connectivity index (χ1) is 8.77. The fourth-order valence-electron chi connectivity index (χ4n) is 1.26. The molecule has 0 aliphatic carbocycles. The van der Waals surface area contributed by atoms with Gasteiger partial charge in [-0.05, 0) is 12.1 Å². The summed E-state index contributed by atoms with van der Waals surface area (Å²) in [5.74, 6) is 1.90. The lowest BCUT2D eigenvalue weighted by Gasteiger charge is -2.07. The molecule has 5 heteroatoms. The molecule has 0 N–H and O–H groups in total.